The first-order valence-corrected chi connectivity index (χ1v) is 7.06. The first kappa shape index (κ1) is 13.4. The molecule has 21 heavy (non-hydrogen) atoms. The fraction of sp³-hybridized carbons (Fsp3) is 0.0714. The van der Waals surface area contributed by atoms with Crippen LogP contribution >= 0.6 is 11.3 Å². The first-order chi connectivity index (χ1) is 10.2. The molecule has 0 atom stereocenters. The van der Waals surface area contributed by atoms with Crippen LogP contribution in [0.1, 0.15) is 5.89 Å². The van der Waals surface area contributed by atoms with Crippen molar-refractivity contribution in [3.05, 3.63) is 52.8 Å². The molecule has 0 radical (unpaired) electrons. The van der Waals surface area contributed by atoms with Gasteiger partial charge in [0.25, 0.3) is 0 Å². The monoisotopic (exact) mass is 303 g/mol. The summed E-state index contributed by atoms with van der Waals surface area (Å²) >= 11 is 1.51. The van der Waals surface area contributed by atoms with Crippen molar-refractivity contribution >= 4 is 22.9 Å². The second-order valence-electron chi connectivity index (χ2n) is 4.22. The Morgan fingerprint density at radius 2 is 2.14 bits per heavy atom. The summed E-state index contributed by atoms with van der Waals surface area (Å²) in [6, 6.07) is 7.80. The van der Waals surface area contributed by atoms with Gasteiger partial charge in [0.15, 0.2) is 0 Å². The zero-order valence-electron chi connectivity index (χ0n) is 10.7. The van der Waals surface area contributed by atoms with Gasteiger partial charge in [-0.05, 0) is 23.6 Å². The van der Waals surface area contributed by atoms with E-state index in [2.05, 4.69) is 15.5 Å². The molecule has 0 unspecified atom stereocenters. The van der Waals surface area contributed by atoms with Crippen molar-refractivity contribution in [1.82, 2.24) is 10.2 Å². The van der Waals surface area contributed by atoms with Crippen molar-refractivity contribution in [2.75, 3.05) is 5.32 Å². The van der Waals surface area contributed by atoms with Crippen LogP contribution in [0.15, 0.2) is 45.5 Å². The highest BCUT2D eigenvalue weighted by molar-refractivity contribution is 7.08. The number of anilines is 1. The van der Waals surface area contributed by atoms with Gasteiger partial charge in [0, 0.05) is 10.9 Å². The third-order valence-corrected chi connectivity index (χ3v) is 3.38. The van der Waals surface area contributed by atoms with Crippen LogP contribution in [0, 0.1) is 5.82 Å². The van der Waals surface area contributed by atoms with Crippen LogP contribution < -0.4 is 5.32 Å². The molecule has 106 valence electrons. The minimum absolute atomic E-state index is 0.106. The number of amides is 1. The number of carbonyl (C=O) groups excluding carboxylic acids is 1. The third kappa shape index (κ3) is 3.14. The second kappa shape index (κ2) is 5.84. The molecule has 1 N–H and O–H groups in total. The van der Waals surface area contributed by atoms with Crippen LogP contribution in [0.3, 0.4) is 0 Å². The van der Waals surface area contributed by atoms with Crippen LogP contribution in [0.25, 0.3) is 11.5 Å². The number of para-hydroxylation sites is 1. The molecule has 1 aromatic carbocycles. The van der Waals surface area contributed by atoms with Gasteiger partial charge in [-0.1, -0.05) is 12.1 Å². The van der Waals surface area contributed by atoms with Crippen molar-refractivity contribution in [3.8, 4) is 11.5 Å². The Labute approximate surface area is 123 Å². The van der Waals surface area contributed by atoms with Crippen molar-refractivity contribution in [1.29, 1.82) is 0 Å². The molecule has 0 saturated carbocycles. The molecular formula is C14H10FN3O2S. The largest absolute Gasteiger partial charge is 0.420 e. The number of halogens is 1. The molecule has 1 amide bonds. The predicted octanol–water partition coefficient (Wildman–Crippen LogP) is 3.12. The lowest BCUT2D eigenvalue weighted by Crippen LogP contribution is -2.15. The Bertz CT molecular complexity index is 755. The van der Waals surface area contributed by atoms with Crippen molar-refractivity contribution in [2.45, 2.75) is 6.42 Å². The standard InChI is InChI=1S/C14H10FN3O2S/c15-10-3-1-2-4-11(10)16-12(19)7-13-17-18-14(20-13)9-5-6-21-8-9/h1-6,8H,7H2,(H,16,19). The number of nitrogens with one attached hydrogen (secondary N) is 1. The second-order valence-corrected chi connectivity index (χ2v) is 5.00. The summed E-state index contributed by atoms with van der Waals surface area (Å²) in [7, 11) is 0. The van der Waals surface area contributed by atoms with E-state index in [9.17, 15) is 9.18 Å². The van der Waals surface area contributed by atoms with E-state index in [4.69, 9.17) is 4.42 Å². The summed E-state index contributed by atoms with van der Waals surface area (Å²) in [5.74, 6) is -0.356. The predicted molar refractivity (Wildman–Crippen MR) is 76.3 cm³/mol. The van der Waals surface area contributed by atoms with E-state index in [0.717, 1.165) is 5.56 Å². The van der Waals surface area contributed by atoms with Gasteiger partial charge in [-0.15, -0.1) is 10.2 Å². The Balaban J connectivity index is 1.67. The number of hydrogen-bond donors (Lipinski definition) is 1. The lowest BCUT2D eigenvalue weighted by atomic mass is 10.3. The maximum absolute atomic E-state index is 13.4. The van der Waals surface area contributed by atoms with Gasteiger partial charge in [0.2, 0.25) is 17.7 Å². The molecule has 5 nitrogen and oxygen atoms in total. The zero-order chi connectivity index (χ0) is 14.7. The van der Waals surface area contributed by atoms with E-state index in [1.165, 1.54) is 23.5 Å². The van der Waals surface area contributed by atoms with Gasteiger partial charge in [-0.25, -0.2) is 4.39 Å². The molecule has 0 spiro atoms. The summed E-state index contributed by atoms with van der Waals surface area (Å²) in [5, 5.41) is 13.9. The van der Waals surface area contributed by atoms with Crippen LogP contribution in [-0.4, -0.2) is 16.1 Å². The maximum atomic E-state index is 13.4. The quantitative estimate of drug-likeness (QED) is 0.804. The minimum atomic E-state index is -0.490. The molecule has 0 bridgehead atoms. The molecule has 0 aliphatic carbocycles. The average molecular weight is 303 g/mol. The Hall–Kier alpha value is -2.54. The fourth-order valence-corrected chi connectivity index (χ4v) is 2.35. The van der Waals surface area contributed by atoms with Gasteiger partial charge in [-0.3, -0.25) is 4.79 Å². The fourth-order valence-electron chi connectivity index (χ4n) is 1.72. The van der Waals surface area contributed by atoms with Crippen LogP contribution in [-0.2, 0) is 11.2 Å². The van der Waals surface area contributed by atoms with Crippen LogP contribution in [0.4, 0.5) is 10.1 Å². The van der Waals surface area contributed by atoms with E-state index in [0.29, 0.717) is 5.89 Å². The Morgan fingerprint density at radius 1 is 1.29 bits per heavy atom. The van der Waals surface area contributed by atoms with E-state index < -0.39 is 11.7 Å². The molecule has 0 fully saturated rings. The highest BCUT2D eigenvalue weighted by Gasteiger charge is 2.13. The zero-order valence-corrected chi connectivity index (χ0v) is 11.6. The van der Waals surface area contributed by atoms with Gasteiger partial charge >= 0.3 is 0 Å². The number of carbonyl (C=O) groups is 1. The minimum Gasteiger partial charge on any atom is -0.420 e. The van der Waals surface area contributed by atoms with Crippen molar-refractivity contribution < 1.29 is 13.6 Å². The molecule has 0 aliphatic heterocycles. The van der Waals surface area contributed by atoms with Gasteiger partial charge in [0.05, 0.1) is 5.69 Å². The summed E-state index contributed by atoms with van der Waals surface area (Å²) in [5.41, 5.74) is 0.938. The summed E-state index contributed by atoms with van der Waals surface area (Å²) in [4.78, 5) is 11.8. The first-order valence-electron chi connectivity index (χ1n) is 6.12. The van der Waals surface area contributed by atoms with Gasteiger partial charge in [-0.2, -0.15) is 11.3 Å². The number of aromatic nitrogens is 2. The number of hydrogen-bond acceptors (Lipinski definition) is 5. The molecule has 0 saturated heterocycles. The highest BCUT2D eigenvalue weighted by atomic mass is 32.1. The number of rotatable bonds is 4. The normalized spacial score (nSPS) is 10.5. The van der Waals surface area contributed by atoms with E-state index in [-0.39, 0.29) is 18.0 Å². The number of thiophene rings is 1. The van der Waals surface area contributed by atoms with E-state index in [1.807, 2.05) is 16.8 Å². The van der Waals surface area contributed by atoms with E-state index >= 15 is 0 Å². The topological polar surface area (TPSA) is 68.0 Å². The molecular weight excluding hydrogens is 293 g/mol. The molecule has 3 aromatic rings. The lowest BCUT2D eigenvalue weighted by Gasteiger charge is -2.03. The number of nitrogens with zero attached hydrogens (tertiary/aromatic N) is 2. The number of benzene rings is 1. The third-order valence-electron chi connectivity index (χ3n) is 2.69. The summed E-state index contributed by atoms with van der Waals surface area (Å²) < 4.78 is 18.8. The van der Waals surface area contributed by atoms with Crippen molar-refractivity contribution in [3.63, 3.8) is 0 Å². The average Bonchev–Trinajstić information content (AvgIpc) is 3.12. The molecule has 2 aromatic heterocycles. The van der Waals surface area contributed by atoms with E-state index in [1.54, 1.807) is 12.1 Å². The van der Waals surface area contributed by atoms with Crippen LogP contribution in [0.5, 0.6) is 0 Å². The highest BCUT2D eigenvalue weighted by Crippen LogP contribution is 2.20. The molecule has 0 aliphatic rings. The molecule has 7 heteroatoms. The lowest BCUT2D eigenvalue weighted by molar-refractivity contribution is -0.115. The van der Waals surface area contributed by atoms with Crippen molar-refractivity contribution in [2.24, 2.45) is 0 Å². The van der Waals surface area contributed by atoms with Gasteiger partial charge in [0.1, 0.15) is 12.2 Å². The van der Waals surface area contributed by atoms with Gasteiger partial charge < -0.3 is 9.73 Å². The smallest absolute Gasteiger partial charge is 0.248 e. The SMILES string of the molecule is O=C(Cc1nnc(-c2ccsc2)o1)Nc1ccccc1F. The molecule has 3 rings (SSSR count). The van der Waals surface area contributed by atoms with Crippen LogP contribution in [0.2, 0.25) is 0 Å². The Morgan fingerprint density at radius 3 is 2.90 bits per heavy atom. The Kier molecular flexibility index (Phi) is 3.74. The summed E-state index contributed by atoms with van der Waals surface area (Å²) in [6.45, 7) is 0. The summed E-state index contributed by atoms with van der Waals surface area (Å²) in [6.07, 6.45) is -0.106. The molecule has 2 heterocycles. The maximum Gasteiger partial charge on any atom is 0.248 e.